The maximum atomic E-state index is 11.3. The topological polar surface area (TPSA) is 59.3 Å². The summed E-state index contributed by atoms with van der Waals surface area (Å²) in [5, 5.41) is 3.23. The first-order valence-corrected chi connectivity index (χ1v) is 8.81. The highest BCUT2D eigenvalue weighted by molar-refractivity contribution is 7.97. The van der Waals surface area contributed by atoms with E-state index in [1.165, 1.54) is 0 Å². The van der Waals surface area contributed by atoms with E-state index in [1.54, 1.807) is 11.8 Å². The van der Waals surface area contributed by atoms with Gasteiger partial charge in [0, 0.05) is 6.04 Å². The Morgan fingerprint density at radius 1 is 1.47 bits per heavy atom. The van der Waals surface area contributed by atoms with Crippen LogP contribution in [0.3, 0.4) is 0 Å². The number of hydrogen-bond donors (Lipinski definition) is 1. The Morgan fingerprint density at radius 3 is 2.88 bits per heavy atom. The van der Waals surface area contributed by atoms with E-state index in [9.17, 15) is 8.42 Å². The Morgan fingerprint density at radius 2 is 2.24 bits per heavy atom. The van der Waals surface area contributed by atoms with Crippen LogP contribution >= 0.6 is 11.8 Å². The first kappa shape index (κ1) is 13.0. The molecule has 96 valence electrons. The van der Waals surface area contributed by atoms with Crippen molar-refractivity contribution in [1.29, 1.82) is 0 Å². The summed E-state index contributed by atoms with van der Waals surface area (Å²) in [5.41, 5.74) is 0. The molecule has 6 heteroatoms. The second-order valence-corrected chi connectivity index (χ2v) is 7.38. The molecule has 1 N–H and O–H groups in total. The van der Waals surface area contributed by atoms with E-state index < -0.39 is 9.84 Å². The summed E-state index contributed by atoms with van der Waals surface area (Å²) in [6, 6.07) is 4.00. The number of nitrogens with one attached hydrogen (secondary N) is 1. The highest BCUT2D eigenvalue weighted by Crippen LogP contribution is 2.15. The van der Waals surface area contributed by atoms with Gasteiger partial charge in [0.1, 0.15) is 11.5 Å². The smallest absolute Gasteiger partial charge is 0.151 e. The minimum Gasteiger partial charge on any atom is -0.464 e. The molecule has 2 heterocycles. The van der Waals surface area contributed by atoms with Gasteiger partial charge in [-0.2, -0.15) is 11.8 Å². The van der Waals surface area contributed by atoms with Crippen LogP contribution in [-0.4, -0.2) is 32.2 Å². The Kier molecular flexibility index (Phi) is 4.17. The molecule has 1 unspecified atom stereocenters. The SMILES string of the molecule is CSCc1ccc(CNC2CCS(=O)(=O)C2)o1. The van der Waals surface area contributed by atoms with E-state index >= 15 is 0 Å². The second-order valence-electron chi connectivity index (χ2n) is 4.28. The maximum Gasteiger partial charge on any atom is 0.151 e. The van der Waals surface area contributed by atoms with E-state index in [0.29, 0.717) is 18.7 Å². The molecule has 0 aromatic carbocycles. The van der Waals surface area contributed by atoms with Crippen molar-refractivity contribution in [2.75, 3.05) is 17.8 Å². The van der Waals surface area contributed by atoms with Crippen molar-refractivity contribution in [3.05, 3.63) is 23.7 Å². The quantitative estimate of drug-likeness (QED) is 0.880. The van der Waals surface area contributed by atoms with Crippen LogP contribution in [0.4, 0.5) is 0 Å². The van der Waals surface area contributed by atoms with E-state index in [1.807, 2.05) is 18.4 Å². The number of hydrogen-bond acceptors (Lipinski definition) is 5. The normalized spacial score (nSPS) is 23.0. The summed E-state index contributed by atoms with van der Waals surface area (Å²) >= 11 is 1.72. The third kappa shape index (κ3) is 3.76. The van der Waals surface area contributed by atoms with E-state index in [0.717, 1.165) is 17.3 Å². The molecule has 1 aromatic rings. The van der Waals surface area contributed by atoms with Crippen molar-refractivity contribution in [2.45, 2.75) is 24.8 Å². The second kappa shape index (κ2) is 5.46. The van der Waals surface area contributed by atoms with Crippen LogP contribution in [-0.2, 0) is 22.1 Å². The molecule has 0 amide bonds. The van der Waals surface area contributed by atoms with Gasteiger partial charge in [0.15, 0.2) is 9.84 Å². The largest absolute Gasteiger partial charge is 0.464 e. The van der Waals surface area contributed by atoms with Crippen molar-refractivity contribution >= 4 is 21.6 Å². The van der Waals surface area contributed by atoms with Gasteiger partial charge in [0.2, 0.25) is 0 Å². The molecule has 1 aliphatic rings. The van der Waals surface area contributed by atoms with Gasteiger partial charge in [0.25, 0.3) is 0 Å². The van der Waals surface area contributed by atoms with Crippen LogP contribution in [0.15, 0.2) is 16.5 Å². The standard InChI is InChI=1S/C11H17NO3S2/c1-16-7-11-3-2-10(15-11)6-12-9-4-5-17(13,14)8-9/h2-3,9,12H,4-8H2,1H3. The third-order valence-corrected chi connectivity index (χ3v) is 5.14. The molecule has 1 saturated heterocycles. The first-order chi connectivity index (χ1) is 8.09. The van der Waals surface area contributed by atoms with Crippen molar-refractivity contribution in [3.63, 3.8) is 0 Å². The summed E-state index contributed by atoms with van der Waals surface area (Å²) in [6.45, 7) is 0.606. The molecule has 1 atom stereocenters. The molecule has 4 nitrogen and oxygen atoms in total. The molecular weight excluding hydrogens is 258 g/mol. The molecule has 2 rings (SSSR count). The first-order valence-electron chi connectivity index (χ1n) is 5.59. The molecule has 0 radical (unpaired) electrons. The van der Waals surface area contributed by atoms with Crippen LogP contribution in [0.5, 0.6) is 0 Å². The minimum atomic E-state index is -2.80. The number of furan rings is 1. The molecule has 0 aliphatic carbocycles. The Balaban J connectivity index is 1.82. The summed E-state index contributed by atoms with van der Waals surface area (Å²) in [5.74, 6) is 3.27. The van der Waals surface area contributed by atoms with Gasteiger partial charge in [0.05, 0.1) is 23.8 Å². The van der Waals surface area contributed by atoms with Gasteiger partial charge in [-0.3, -0.25) is 0 Å². The summed E-state index contributed by atoms with van der Waals surface area (Å²) in [4.78, 5) is 0. The Hall–Kier alpha value is -0.460. The lowest BCUT2D eigenvalue weighted by molar-refractivity contribution is 0.440. The summed E-state index contributed by atoms with van der Waals surface area (Å²) < 4.78 is 28.2. The predicted molar refractivity (Wildman–Crippen MR) is 69.8 cm³/mol. The van der Waals surface area contributed by atoms with Crippen molar-refractivity contribution < 1.29 is 12.8 Å². The maximum absolute atomic E-state index is 11.3. The van der Waals surface area contributed by atoms with Gasteiger partial charge in [-0.25, -0.2) is 8.42 Å². The zero-order chi connectivity index (χ0) is 12.3. The van der Waals surface area contributed by atoms with Crippen LogP contribution < -0.4 is 5.32 Å². The van der Waals surface area contributed by atoms with E-state index in [4.69, 9.17) is 4.42 Å². The fourth-order valence-electron chi connectivity index (χ4n) is 1.94. The highest BCUT2D eigenvalue weighted by Gasteiger charge is 2.27. The number of sulfone groups is 1. The van der Waals surface area contributed by atoms with Crippen molar-refractivity contribution in [1.82, 2.24) is 5.32 Å². The molecule has 1 fully saturated rings. The number of rotatable bonds is 5. The Bertz CT molecular complexity index is 467. The van der Waals surface area contributed by atoms with E-state index in [-0.39, 0.29) is 11.8 Å². The molecular formula is C11H17NO3S2. The van der Waals surface area contributed by atoms with Crippen molar-refractivity contribution in [3.8, 4) is 0 Å². The zero-order valence-electron chi connectivity index (χ0n) is 9.81. The van der Waals surface area contributed by atoms with Crippen LogP contribution in [0, 0.1) is 0 Å². The van der Waals surface area contributed by atoms with Crippen LogP contribution in [0.25, 0.3) is 0 Å². The fourth-order valence-corrected chi connectivity index (χ4v) is 4.09. The molecule has 1 aromatic heterocycles. The lowest BCUT2D eigenvalue weighted by Crippen LogP contribution is -2.29. The van der Waals surface area contributed by atoms with Gasteiger partial charge in [-0.1, -0.05) is 0 Å². The fraction of sp³-hybridized carbons (Fsp3) is 0.636. The summed E-state index contributed by atoms with van der Waals surface area (Å²) in [7, 11) is -2.80. The molecule has 1 aliphatic heterocycles. The average Bonchev–Trinajstić information content (AvgIpc) is 2.83. The van der Waals surface area contributed by atoms with Crippen LogP contribution in [0.1, 0.15) is 17.9 Å². The average molecular weight is 275 g/mol. The van der Waals surface area contributed by atoms with Crippen LogP contribution in [0.2, 0.25) is 0 Å². The molecule has 17 heavy (non-hydrogen) atoms. The van der Waals surface area contributed by atoms with Gasteiger partial charge in [-0.05, 0) is 24.8 Å². The lowest BCUT2D eigenvalue weighted by atomic mass is 10.2. The lowest BCUT2D eigenvalue weighted by Gasteiger charge is -2.08. The summed E-state index contributed by atoms with van der Waals surface area (Å²) in [6.07, 6.45) is 2.74. The van der Waals surface area contributed by atoms with E-state index in [2.05, 4.69) is 5.32 Å². The zero-order valence-corrected chi connectivity index (χ0v) is 11.4. The number of thioether (sulfide) groups is 1. The molecule has 0 saturated carbocycles. The molecule has 0 spiro atoms. The minimum absolute atomic E-state index is 0.0779. The monoisotopic (exact) mass is 275 g/mol. The third-order valence-electron chi connectivity index (χ3n) is 2.80. The highest BCUT2D eigenvalue weighted by atomic mass is 32.2. The predicted octanol–water partition coefficient (Wildman–Crippen LogP) is 1.42. The van der Waals surface area contributed by atoms with Gasteiger partial charge in [-0.15, -0.1) is 0 Å². The Labute approximate surface area is 106 Å². The van der Waals surface area contributed by atoms with Gasteiger partial charge < -0.3 is 9.73 Å². The van der Waals surface area contributed by atoms with Gasteiger partial charge >= 0.3 is 0 Å². The molecule has 0 bridgehead atoms. The van der Waals surface area contributed by atoms with Crippen molar-refractivity contribution in [2.24, 2.45) is 0 Å².